The van der Waals surface area contributed by atoms with Gasteiger partial charge >= 0.3 is 12.0 Å². The SMILES string of the molecule is C[C@@H](OC(=O)[C@@H](C)Sc1ccc([N+](=O)[O-])cc1)C(=O)N1CCNC1=O. The first-order valence-electron chi connectivity index (χ1n) is 7.50. The number of nitrogens with one attached hydrogen (secondary N) is 1. The molecule has 0 aliphatic carbocycles. The number of urea groups is 1. The summed E-state index contributed by atoms with van der Waals surface area (Å²) in [5.74, 6) is -1.18. The quantitative estimate of drug-likeness (QED) is 0.351. The maximum atomic E-state index is 12.1. The van der Waals surface area contributed by atoms with E-state index in [-0.39, 0.29) is 12.2 Å². The highest BCUT2D eigenvalue weighted by Crippen LogP contribution is 2.26. The molecular weight excluding hydrogens is 350 g/mol. The first-order chi connectivity index (χ1) is 11.8. The van der Waals surface area contributed by atoms with Crippen LogP contribution in [0.25, 0.3) is 0 Å². The van der Waals surface area contributed by atoms with Crippen LogP contribution in [0, 0.1) is 10.1 Å². The van der Waals surface area contributed by atoms with E-state index in [9.17, 15) is 24.5 Å². The molecule has 1 saturated heterocycles. The Bertz CT molecular complexity index is 693. The first kappa shape index (κ1) is 18.7. The van der Waals surface area contributed by atoms with Gasteiger partial charge in [-0.25, -0.2) is 4.79 Å². The van der Waals surface area contributed by atoms with Crippen LogP contribution in [0.3, 0.4) is 0 Å². The van der Waals surface area contributed by atoms with Crippen molar-refractivity contribution in [2.75, 3.05) is 13.1 Å². The van der Waals surface area contributed by atoms with E-state index in [2.05, 4.69) is 5.32 Å². The zero-order valence-electron chi connectivity index (χ0n) is 13.6. The number of nitrogens with zero attached hydrogens (tertiary/aromatic N) is 2. The van der Waals surface area contributed by atoms with E-state index in [0.29, 0.717) is 11.4 Å². The molecule has 0 saturated carbocycles. The van der Waals surface area contributed by atoms with Gasteiger partial charge in [-0.2, -0.15) is 0 Å². The number of esters is 1. The summed E-state index contributed by atoms with van der Waals surface area (Å²) in [6, 6.07) is 5.27. The number of benzene rings is 1. The monoisotopic (exact) mass is 367 g/mol. The molecule has 0 unspecified atom stereocenters. The van der Waals surface area contributed by atoms with Crippen LogP contribution in [0.15, 0.2) is 29.2 Å². The number of rotatable bonds is 6. The highest BCUT2D eigenvalue weighted by Gasteiger charge is 2.32. The molecule has 3 amide bonds. The van der Waals surface area contributed by atoms with Crippen LogP contribution in [0.1, 0.15) is 13.8 Å². The second-order valence-electron chi connectivity index (χ2n) is 5.31. The summed E-state index contributed by atoms with van der Waals surface area (Å²) >= 11 is 1.16. The molecule has 0 radical (unpaired) electrons. The third-order valence-electron chi connectivity index (χ3n) is 3.46. The van der Waals surface area contributed by atoms with Gasteiger partial charge in [0.15, 0.2) is 6.10 Å². The van der Waals surface area contributed by atoms with Gasteiger partial charge in [-0.3, -0.25) is 24.6 Å². The lowest BCUT2D eigenvalue weighted by molar-refractivity contribution is -0.384. The van der Waals surface area contributed by atoms with Gasteiger partial charge in [0, 0.05) is 30.1 Å². The second kappa shape index (κ2) is 7.97. The Balaban J connectivity index is 1.89. The van der Waals surface area contributed by atoms with E-state index in [1.807, 2.05) is 0 Å². The van der Waals surface area contributed by atoms with Crippen molar-refractivity contribution in [2.24, 2.45) is 0 Å². The Morgan fingerprint density at radius 3 is 2.48 bits per heavy atom. The van der Waals surface area contributed by atoms with Crippen molar-refractivity contribution >= 4 is 35.4 Å². The Kier molecular flexibility index (Phi) is 5.97. The van der Waals surface area contributed by atoms with Gasteiger partial charge in [0.05, 0.1) is 4.92 Å². The van der Waals surface area contributed by atoms with Crippen molar-refractivity contribution in [1.29, 1.82) is 0 Å². The minimum atomic E-state index is -1.07. The molecule has 1 aromatic carbocycles. The molecule has 1 aliphatic rings. The standard InChI is InChI=1S/C15H17N3O6S/c1-9(13(19)17-8-7-16-15(17)21)24-14(20)10(2)25-12-5-3-11(4-6-12)18(22)23/h3-6,9-10H,7-8H2,1-2H3,(H,16,21)/t9-,10-/m1/s1. The minimum Gasteiger partial charge on any atom is -0.452 e. The van der Waals surface area contributed by atoms with Crippen LogP contribution in [-0.4, -0.2) is 52.2 Å². The summed E-state index contributed by atoms with van der Waals surface area (Å²) in [5, 5.41) is 12.5. The van der Waals surface area contributed by atoms with Gasteiger partial charge in [0.25, 0.3) is 11.6 Å². The average Bonchev–Trinajstić information content (AvgIpc) is 3.00. The number of ether oxygens (including phenoxy) is 1. The molecule has 2 rings (SSSR count). The van der Waals surface area contributed by atoms with E-state index in [4.69, 9.17) is 4.74 Å². The fraction of sp³-hybridized carbons (Fsp3) is 0.400. The Morgan fingerprint density at radius 1 is 1.32 bits per heavy atom. The normalized spacial score (nSPS) is 16.1. The van der Waals surface area contributed by atoms with E-state index in [1.54, 1.807) is 6.92 Å². The van der Waals surface area contributed by atoms with Crippen LogP contribution in [-0.2, 0) is 14.3 Å². The maximum Gasteiger partial charge on any atom is 0.324 e. The van der Waals surface area contributed by atoms with Crippen molar-refractivity contribution < 1.29 is 24.0 Å². The molecule has 134 valence electrons. The number of carbonyl (C=O) groups is 3. The molecule has 9 nitrogen and oxygen atoms in total. The summed E-state index contributed by atoms with van der Waals surface area (Å²) in [7, 11) is 0. The summed E-state index contributed by atoms with van der Waals surface area (Å²) < 4.78 is 5.13. The molecule has 0 bridgehead atoms. The van der Waals surface area contributed by atoms with Crippen molar-refractivity contribution in [1.82, 2.24) is 10.2 Å². The van der Waals surface area contributed by atoms with Crippen molar-refractivity contribution in [3.05, 3.63) is 34.4 Å². The lowest BCUT2D eigenvalue weighted by atomic mass is 10.3. The lowest BCUT2D eigenvalue weighted by Crippen LogP contribution is -2.42. The number of nitro groups is 1. The predicted octanol–water partition coefficient (Wildman–Crippen LogP) is 1.56. The third kappa shape index (κ3) is 4.69. The van der Waals surface area contributed by atoms with Crippen LogP contribution in [0.4, 0.5) is 10.5 Å². The van der Waals surface area contributed by atoms with E-state index in [0.717, 1.165) is 16.7 Å². The summed E-state index contributed by atoms with van der Waals surface area (Å²) in [6.45, 7) is 3.63. The zero-order chi connectivity index (χ0) is 18.6. The molecule has 2 atom stereocenters. The summed E-state index contributed by atoms with van der Waals surface area (Å²) in [6.07, 6.45) is -1.07. The second-order valence-corrected chi connectivity index (χ2v) is 6.73. The smallest absolute Gasteiger partial charge is 0.324 e. The molecule has 10 heteroatoms. The van der Waals surface area contributed by atoms with Gasteiger partial charge in [-0.1, -0.05) is 0 Å². The van der Waals surface area contributed by atoms with Crippen molar-refractivity contribution in [2.45, 2.75) is 30.1 Å². The molecule has 0 spiro atoms. The number of imide groups is 1. The Labute approximate surface area is 147 Å². The van der Waals surface area contributed by atoms with Crippen LogP contribution in [0.2, 0.25) is 0 Å². The van der Waals surface area contributed by atoms with Crippen LogP contribution in [0.5, 0.6) is 0 Å². The number of non-ortho nitro benzene ring substituents is 1. The Hall–Kier alpha value is -2.62. The topological polar surface area (TPSA) is 119 Å². The average molecular weight is 367 g/mol. The molecule has 1 aliphatic heterocycles. The van der Waals surface area contributed by atoms with Gasteiger partial charge in [-0.15, -0.1) is 11.8 Å². The number of hydrogen-bond acceptors (Lipinski definition) is 7. The summed E-state index contributed by atoms with van der Waals surface area (Å²) in [4.78, 5) is 47.4. The number of hydrogen-bond donors (Lipinski definition) is 1. The van der Waals surface area contributed by atoms with Gasteiger partial charge in [0.1, 0.15) is 5.25 Å². The van der Waals surface area contributed by atoms with Crippen LogP contribution >= 0.6 is 11.8 Å². The van der Waals surface area contributed by atoms with Crippen molar-refractivity contribution in [3.8, 4) is 0 Å². The van der Waals surface area contributed by atoms with Gasteiger partial charge in [0.2, 0.25) is 0 Å². The highest BCUT2D eigenvalue weighted by atomic mass is 32.2. The molecule has 1 aromatic rings. The number of thioether (sulfide) groups is 1. The predicted molar refractivity (Wildman–Crippen MR) is 89.1 cm³/mol. The molecule has 25 heavy (non-hydrogen) atoms. The van der Waals surface area contributed by atoms with Gasteiger partial charge < -0.3 is 10.1 Å². The van der Waals surface area contributed by atoms with E-state index >= 15 is 0 Å². The van der Waals surface area contributed by atoms with E-state index in [1.165, 1.54) is 31.2 Å². The van der Waals surface area contributed by atoms with Crippen LogP contribution < -0.4 is 5.32 Å². The Morgan fingerprint density at radius 2 is 1.96 bits per heavy atom. The summed E-state index contributed by atoms with van der Waals surface area (Å²) in [5.41, 5.74) is -0.0392. The molecule has 1 N–H and O–H groups in total. The number of carbonyl (C=O) groups excluding carboxylic acids is 3. The third-order valence-corrected chi connectivity index (χ3v) is 4.55. The minimum absolute atomic E-state index is 0.0392. The number of nitro benzene ring substituents is 1. The fourth-order valence-electron chi connectivity index (χ4n) is 2.12. The fourth-order valence-corrected chi connectivity index (χ4v) is 2.97. The largest absolute Gasteiger partial charge is 0.452 e. The zero-order valence-corrected chi connectivity index (χ0v) is 14.4. The first-order valence-corrected chi connectivity index (χ1v) is 8.38. The van der Waals surface area contributed by atoms with E-state index < -0.39 is 34.2 Å². The molecular formula is C15H17N3O6S. The highest BCUT2D eigenvalue weighted by molar-refractivity contribution is 8.00. The van der Waals surface area contributed by atoms with Gasteiger partial charge in [-0.05, 0) is 26.0 Å². The van der Waals surface area contributed by atoms with Crippen molar-refractivity contribution in [3.63, 3.8) is 0 Å². The molecule has 1 heterocycles. The maximum absolute atomic E-state index is 12.1. The lowest BCUT2D eigenvalue weighted by Gasteiger charge is -2.19. The molecule has 0 aromatic heterocycles. The number of amides is 3. The molecule has 1 fully saturated rings.